The molecular weight excluding hydrogens is 355 g/mol. The third kappa shape index (κ3) is 4.16. The summed E-state index contributed by atoms with van der Waals surface area (Å²) in [7, 11) is 0. The van der Waals surface area contributed by atoms with E-state index >= 15 is 0 Å². The Balaban J connectivity index is 2.05. The highest BCUT2D eigenvalue weighted by Crippen LogP contribution is 2.36. The number of carboxylic acid groups (broad SMARTS) is 1. The lowest BCUT2D eigenvalue weighted by Gasteiger charge is -2.14. The fraction of sp³-hybridized carbons (Fsp3) is 0.143. The summed E-state index contributed by atoms with van der Waals surface area (Å²) < 4.78 is 40.7. The van der Waals surface area contributed by atoms with Gasteiger partial charge in [0.1, 0.15) is 0 Å². The molecule has 27 heavy (non-hydrogen) atoms. The second kappa shape index (κ2) is 7.23. The molecular formula is C21H16F3NO2. The molecule has 3 rings (SSSR count). The van der Waals surface area contributed by atoms with Crippen LogP contribution in [0.5, 0.6) is 0 Å². The maximum atomic E-state index is 13.6. The van der Waals surface area contributed by atoms with E-state index in [1.807, 2.05) is 0 Å². The van der Waals surface area contributed by atoms with Gasteiger partial charge in [0.2, 0.25) is 0 Å². The van der Waals surface area contributed by atoms with Gasteiger partial charge in [0.25, 0.3) is 0 Å². The summed E-state index contributed by atoms with van der Waals surface area (Å²) in [6.07, 6.45) is -3.16. The quantitative estimate of drug-likeness (QED) is 0.671. The summed E-state index contributed by atoms with van der Waals surface area (Å²) in [5.74, 6) is -1.11. The lowest BCUT2D eigenvalue weighted by Crippen LogP contribution is -2.10. The molecule has 1 aromatic heterocycles. The van der Waals surface area contributed by atoms with Gasteiger partial charge in [-0.15, -0.1) is 0 Å². The zero-order valence-electron chi connectivity index (χ0n) is 14.4. The molecule has 0 fully saturated rings. The minimum atomic E-state index is -4.57. The van der Waals surface area contributed by atoms with Gasteiger partial charge in [0, 0.05) is 11.8 Å². The molecule has 2 aromatic carbocycles. The van der Waals surface area contributed by atoms with Gasteiger partial charge < -0.3 is 5.11 Å². The van der Waals surface area contributed by atoms with Crippen molar-refractivity contribution in [3.8, 4) is 11.3 Å². The number of carbonyl (C=O) groups is 1. The van der Waals surface area contributed by atoms with Gasteiger partial charge in [-0.25, -0.2) is 4.79 Å². The molecule has 0 amide bonds. The predicted molar refractivity (Wildman–Crippen MR) is 95.6 cm³/mol. The Morgan fingerprint density at radius 3 is 2.41 bits per heavy atom. The lowest BCUT2D eigenvalue weighted by atomic mass is 9.96. The van der Waals surface area contributed by atoms with Crippen molar-refractivity contribution >= 4 is 5.97 Å². The van der Waals surface area contributed by atoms with E-state index in [2.05, 4.69) is 4.98 Å². The van der Waals surface area contributed by atoms with Gasteiger partial charge in [-0.1, -0.05) is 48.0 Å². The van der Waals surface area contributed by atoms with Crippen LogP contribution in [0.4, 0.5) is 13.2 Å². The number of hydrogen-bond donors (Lipinski definition) is 1. The fourth-order valence-electron chi connectivity index (χ4n) is 2.91. The first kappa shape index (κ1) is 18.6. The molecule has 6 heteroatoms. The minimum Gasteiger partial charge on any atom is -0.478 e. The highest BCUT2D eigenvalue weighted by Gasteiger charge is 2.35. The number of aryl methyl sites for hydroxylation is 1. The van der Waals surface area contributed by atoms with Crippen LogP contribution in [0, 0.1) is 6.92 Å². The molecule has 0 bridgehead atoms. The Hall–Kier alpha value is -3.15. The number of aromatic carboxylic acids is 1. The zero-order chi connectivity index (χ0) is 19.6. The summed E-state index contributed by atoms with van der Waals surface area (Å²) in [6, 6.07) is 14.1. The van der Waals surface area contributed by atoms with E-state index < -0.39 is 17.7 Å². The van der Waals surface area contributed by atoms with Crippen molar-refractivity contribution in [2.45, 2.75) is 19.5 Å². The predicted octanol–water partition coefficient (Wildman–Crippen LogP) is 5.36. The monoisotopic (exact) mass is 371 g/mol. The van der Waals surface area contributed by atoms with E-state index in [-0.39, 0.29) is 17.7 Å². The molecule has 3 aromatic rings. The van der Waals surface area contributed by atoms with Gasteiger partial charge in [0.15, 0.2) is 0 Å². The van der Waals surface area contributed by atoms with Crippen molar-refractivity contribution in [2.75, 3.05) is 0 Å². The van der Waals surface area contributed by atoms with Crippen molar-refractivity contribution in [1.82, 2.24) is 4.98 Å². The summed E-state index contributed by atoms with van der Waals surface area (Å²) in [4.78, 5) is 15.5. The van der Waals surface area contributed by atoms with Crippen LogP contribution < -0.4 is 0 Å². The lowest BCUT2D eigenvalue weighted by molar-refractivity contribution is -0.137. The number of carboxylic acids is 1. The number of nitrogens with zero attached hydrogens (tertiary/aromatic N) is 1. The van der Waals surface area contributed by atoms with Gasteiger partial charge in [0.05, 0.1) is 16.8 Å². The van der Waals surface area contributed by atoms with E-state index in [9.17, 15) is 23.1 Å². The van der Waals surface area contributed by atoms with Gasteiger partial charge in [-0.3, -0.25) is 4.98 Å². The van der Waals surface area contributed by atoms with E-state index in [1.54, 1.807) is 49.4 Å². The summed E-state index contributed by atoms with van der Waals surface area (Å²) in [5, 5.41) is 9.35. The topological polar surface area (TPSA) is 50.2 Å². The second-order valence-electron chi connectivity index (χ2n) is 6.25. The average molecular weight is 371 g/mol. The summed E-state index contributed by atoms with van der Waals surface area (Å²) >= 11 is 0. The van der Waals surface area contributed by atoms with Gasteiger partial charge in [-0.2, -0.15) is 13.2 Å². The number of rotatable bonds is 4. The molecule has 0 unspecified atom stereocenters. The molecule has 0 atom stereocenters. The van der Waals surface area contributed by atoms with Crippen molar-refractivity contribution < 1.29 is 23.1 Å². The smallest absolute Gasteiger partial charge is 0.418 e. The van der Waals surface area contributed by atoms with Crippen molar-refractivity contribution in [3.63, 3.8) is 0 Å². The minimum absolute atomic E-state index is 0.0487. The van der Waals surface area contributed by atoms with Crippen LogP contribution in [0.3, 0.4) is 0 Å². The van der Waals surface area contributed by atoms with Crippen LogP contribution in [0.1, 0.15) is 32.6 Å². The highest BCUT2D eigenvalue weighted by molar-refractivity contribution is 5.89. The van der Waals surface area contributed by atoms with Crippen molar-refractivity contribution in [1.29, 1.82) is 0 Å². The Labute approximate surface area is 154 Å². The number of hydrogen-bond acceptors (Lipinski definition) is 2. The number of benzene rings is 2. The van der Waals surface area contributed by atoms with Crippen LogP contribution in [-0.2, 0) is 12.6 Å². The van der Waals surface area contributed by atoms with Gasteiger partial charge in [-0.05, 0) is 36.6 Å². The van der Waals surface area contributed by atoms with Crippen LogP contribution in [0.2, 0.25) is 0 Å². The standard InChI is InChI=1S/C21H16F3NO2/c1-13-7-8-16(17(9-13)20(26)27)10-14-11-18(21(22,23)24)19(25-12-14)15-5-3-2-4-6-15/h2-9,11-12H,10H2,1H3,(H,26,27). The zero-order valence-corrected chi connectivity index (χ0v) is 14.4. The SMILES string of the molecule is Cc1ccc(Cc2cnc(-c3ccccc3)c(C(F)(F)F)c2)c(C(=O)O)c1. The highest BCUT2D eigenvalue weighted by atomic mass is 19.4. The average Bonchev–Trinajstić information content (AvgIpc) is 2.63. The van der Waals surface area contributed by atoms with E-state index in [4.69, 9.17) is 0 Å². The molecule has 0 radical (unpaired) electrons. The molecule has 0 saturated carbocycles. The Kier molecular flexibility index (Phi) is 4.99. The number of aromatic nitrogens is 1. The molecule has 0 aliphatic rings. The van der Waals surface area contributed by atoms with Crippen LogP contribution in [-0.4, -0.2) is 16.1 Å². The molecule has 1 heterocycles. The maximum Gasteiger partial charge on any atom is 0.418 e. The molecule has 0 spiro atoms. The third-order valence-electron chi connectivity index (χ3n) is 4.19. The number of pyridine rings is 1. The summed E-state index contributed by atoms with van der Waals surface area (Å²) in [5.41, 5.74) is 0.978. The van der Waals surface area contributed by atoms with Crippen LogP contribution in [0.25, 0.3) is 11.3 Å². The molecule has 3 nitrogen and oxygen atoms in total. The molecule has 0 aliphatic heterocycles. The Morgan fingerprint density at radius 1 is 1.07 bits per heavy atom. The Morgan fingerprint density at radius 2 is 1.78 bits per heavy atom. The third-order valence-corrected chi connectivity index (χ3v) is 4.19. The molecule has 138 valence electrons. The van der Waals surface area contributed by atoms with E-state index in [0.29, 0.717) is 16.7 Å². The van der Waals surface area contributed by atoms with Crippen molar-refractivity contribution in [2.24, 2.45) is 0 Å². The first-order valence-corrected chi connectivity index (χ1v) is 8.20. The van der Waals surface area contributed by atoms with Crippen LogP contribution in [0.15, 0.2) is 60.8 Å². The second-order valence-corrected chi connectivity index (χ2v) is 6.25. The largest absolute Gasteiger partial charge is 0.478 e. The molecule has 1 N–H and O–H groups in total. The number of alkyl halides is 3. The normalized spacial score (nSPS) is 11.4. The molecule has 0 saturated heterocycles. The Bertz CT molecular complexity index is 982. The van der Waals surface area contributed by atoms with E-state index in [1.165, 1.54) is 12.3 Å². The van der Waals surface area contributed by atoms with Crippen LogP contribution >= 0.6 is 0 Å². The first-order chi connectivity index (χ1) is 12.8. The maximum absolute atomic E-state index is 13.6. The summed E-state index contributed by atoms with van der Waals surface area (Å²) in [6.45, 7) is 1.76. The fourth-order valence-corrected chi connectivity index (χ4v) is 2.91. The first-order valence-electron chi connectivity index (χ1n) is 8.20. The molecule has 0 aliphatic carbocycles. The van der Waals surface area contributed by atoms with E-state index in [0.717, 1.165) is 11.6 Å². The van der Waals surface area contributed by atoms with Gasteiger partial charge >= 0.3 is 12.1 Å². The number of halogens is 3. The van der Waals surface area contributed by atoms with Crippen molar-refractivity contribution in [3.05, 3.63) is 88.6 Å².